The van der Waals surface area contributed by atoms with Crippen molar-refractivity contribution in [3.8, 4) is 0 Å². The van der Waals surface area contributed by atoms with Gasteiger partial charge in [-0.25, -0.2) is 0 Å². The van der Waals surface area contributed by atoms with Crippen LogP contribution in [0.15, 0.2) is 24.0 Å². The second-order valence-corrected chi connectivity index (χ2v) is 7.35. The minimum absolute atomic E-state index is 0.484. The fourth-order valence-corrected chi connectivity index (χ4v) is 4.25. The van der Waals surface area contributed by atoms with E-state index in [1.165, 1.54) is 0 Å². The SMILES string of the molecule is C=CS(C=C)(N(C)C(C)C)N(C)C(C)C. The second-order valence-electron chi connectivity index (χ2n) is 4.25. The first kappa shape index (κ1) is 14.8. The van der Waals surface area contributed by atoms with Crippen molar-refractivity contribution in [2.24, 2.45) is 0 Å². The molecule has 0 aromatic rings. The summed E-state index contributed by atoms with van der Waals surface area (Å²) in [5.41, 5.74) is 0. The fraction of sp³-hybridized carbons (Fsp3) is 0.667. The third kappa shape index (κ3) is 2.86. The summed E-state index contributed by atoms with van der Waals surface area (Å²) in [5, 5.41) is 4.08. The van der Waals surface area contributed by atoms with Crippen molar-refractivity contribution in [3.63, 3.8) is 0 Å². The van der Waals surface area contributed by atoms with Crippen LogP contribution in [0, 0.1) is 0 Å². The van der Waals surface area contributed by atoms with Crippen LogP contribution >= 0.6 is 10.4 Å². The third-order valence-electron chi connectivity index (χ3n) is 2.87. The van der Waals surface area contributed by atoms with Gasteiger partial charge in [-0.05, 0) is 52.6 Å². The molecule has 0 saturated carbocycles. The Morgan fingerprint density at radius 2 is 1.13 bits per heavy atom. The summed E-state index contributed by atoms with van der Waals surface area (Å²) >= 11 is 0. The summed E-state index contributed by atoms with van der Waals surface area (Å²) in [4.78, 5) is 0. The quantitative estimate of drug-likeness (QED) is 0.688. The summed E-state index contributed by atoms with van der Waals surface area (Å²) in [6.45, 7) is 16.8. The molecule has 0 saturated heterocycles. The van der Waals surface area contributed by atoms with Gasteiger partial charge in [-0.3, -0.25) is 8.61 Å². The van der Waals surface area contributed by atoms with E-state index in [1.807, 2.05) is 10.8 Å². The van der Waals surface area contributed by atoms with Crippen molar-refractivity contribution >= 4 is 10.4 Å². The zero-order chi connectivity index (χ0) is 12.2. The molecular weight excluding hydrogens is 204 g/mol. The summed E-state index contributed by atoms with van der Waals surface area (Å²) in [6.07, 6.45) is 0. The first-order valence-corrected chi connectivity index (χ1v) is 7.05. The van der Waals surface area contributed by atoms with Gasteiger partial charge in [0.1, 0.15) is 0 Å². The number of rotatable bonds is 6. The zero-order valence-electron chi connectivity index (χ0n) is 11.0. The molecule has 2 nitrogen and oxygen atoms in total. The second kappa shape index (κ2) is 5.73. The Hall–Kier alpha value is -0.250. The van der Waals surface area contributed by atoms with Crippen LogP contribution in [0.3, 0.4) is 0 Å². The van der Waals surface area contributed by atoms with E-state index in [0.29, 0.717) is 12.1 Å². The fourth-order valence-electron chi connectivity index (χ4n) is 1.42. The Kier molecular flexibility index (Phi) is 5.63. The van der Waals surface area contributed by atoms with E-state index in [-0.39, 0.29) is 0 Å². The maximum Gasteiger partial charge on any atom is 0.0144 e. The van der Waals surface area contributed by atoms with Crippen molar-refractivity contribution in [1.29, 1.82) is 0 Å². The number of nitrogens with zero attached hydrogens (tertiary/aromatic N) is 2. The van der Waals surface area contributed by atoms with Gasteiger partial charge in [-0.2, -0.15) is 0 Å². The molecule has 0 spiro atoms. The third-order valence-corrected chi connectivity index (χ3v) is 6.54. The van der Waals surface area contributed by atoms with Gasteiger partial charge < -0.3 is 0 Å². The van der Waals surface area contributed by atoms with E-state index in [4.69, 9.17) is 0 Å². The molecule has 3 heteroatoms. The molecule has 0 unspecified atom stereocenters. The average molecular weight is 230 g/mol. The van der Waals surface area contributed by atoms with Crippen molar-refractivity contribution < 1.29 is 0 Å². The largest absolute Gasteiger partial charge is 0.250 e. The lowest BCUT2D eigenvalue weighted by molar-refractivity contribution is 0.392. The van der Waals surface area contributed by atoms with E-state index < -0.39 is 10.4 Å². The molecule has 0 amide bonds. The van der Waals surface area contributed by atoms with E-state index >= 15 is 0 Å². The molecule has 90 valence electrons. The summed E-state index contributed by atoms with van der Waals surface area (Å²) in [6, 6.07) is 0.967. The first-order chi connectivity index (χ1) is 6.83. The highest BCUT2D eigenvalue weighted by molar-refractivity contribution is 8.34. The Labute approximate surface area is 97.2 Å². The van der Waals surface area contributed by atoms with Gasteiger partial charge in [0.2, 0.25) is 0 Å². The molecular formula is C12H26N2S. The van der Waals surface area contributed by atoms with E-state index in [2.05, 4.69) is 63.6 Å². The molecule has 0 atom stereocenters. The molecule has 0 N–H and O–H groups in total. The molecule has 15 heavy (non-hydrogen) atoms. The minimum Gasteiger partial charge on any atom is -0.250 e. The number of hydrogen-bond donors (Lipinski definition) is 0. The molecule has 0 bridgehead atoms. The highest BCUT2D eigenvalue weighted by Gasteiger charge is 2.30. The molecule has 0 heterocycles. The van der Waals surface area contributed by atoms with Gasteiger partial charge in [0.05, 0.1) is 0 Å². The Bertz CT molecular complexity index is 200. The molecule has 0 radical (unpaired) electrons. The van der Waals surface area contributed by atoms with Crippen molar-refractivity contribution in [2.45, 2.75) is 39.8 Å². The lowest BCUT2D eigenvalue weighted by Gasteiger charge is -2.52. The standard InChI is InChI=1S/C12H26N2S/c1-9-15(10-2,13(7)11(3)4)14(8)12(5)6/h9-12H,1-2H2,3-8H3. The molecule has 0 aromatic carbocycles. The van der Waals surface area contributed by atoms with Crippen LogP contribution in [0.5, 0.6) is 0 Å². The van der Waals surface area contributed by atoms with Crippen LogP contribution in [0.2, 0.25) is 0 Å². The Balaban J connectivity index is 5.21. The number of hydrogen-bond acceptors (Lipinski definition) is 2. The van der Waals surface area contributed by atoms with Crippen LogP contribution in [0.4, 0.5) is 0 Å². The highest BCUT2D eigenvalue weighted by Crippen LogP contribution is 2.57. The van der Waals surface area contributed by atoms with Crippen LogP contribution in [-0.4, -0.2) is 34.8 Å². The van der Waals surface area contributed by atoms with E-state index in [0.717, 1.165) is 0 Å². The zero-order valence-corrected chi connectivity index (χ0v) is 11.8. The van der Waals surface area contributed by atoms with Gasteiger partial charge >= 0.3 is 0 Å². The predicted molar refractivity (Wildman–Crippen MR) is 73.8 cm³/mol. The molecule has 0 aromatic heterocycles. The molecule has 0 aliphatic heterocycles. The summed E-state index contributed by atoms with van der Waals surface area (Å²) in [7, 11) is 3.05. The molecule has 0 aliphatic rings. The van der Waals surface area contributed by atoms with Crippen LogP contribution in [0.25, 0.3) is 0 Å². The predicted octanol–water partition coefficient (Wildman–Crippen LogP) is 3.59. The highest BCUT2D eigenvalue weighted by atomic mass is 32.3. The first-order valence-electron chi connectivity index (χ1n) is 5.37. The van der Waals surface area contributed by atoms with Gasteiger partial charge in [-0.15, -0.1) is 0 Å². The topological polar surface area (TPSA) is 6.48 Å². The van der Waals surface area contributed by atoms with Crippen molar-refractivity contribution in [1.82, 2.24) is 8.61 Å². The smallest absolute Gasteiger partial charge is 0.0144 e. The van der Waals surface area contributed by atoms with Crippen LogP contribution in [-0.2, 0) is 0 Å². The monoisotopic (exact) mass is 230 g/mol. The molecule has 0 aliphatic carbocycles. The molecule has 0 rings (SSSR count). The summed E-state index contributed by atoms with van der Waals surface area (Å²) in [5.74, 6) is 0. The normalized spacial score (nSPS) is 14.0. The summed E-state index contributed by atoms with van der Waals surface area (Å²) < 4.78 is 4.71. The van der Waals surface area contributed by atoms with Crippen molar-refractivity contribution in [3.05, 3.63) is 24.0 Å². The maximum atomic E-state index is 3.99. The van der Waals surface area contributed by atoms with Gasteiger partial charge in [0.25, 0.3) is 0 Å². The maximum absolute atomic E-state index is 3.99. The van der Waals surface area contributed by atoms with Crippen molar-refractivity contribution in [2.75, 3.05) is 14.1 Å². The van der Waals surface area contributed by atoms with Gasteiger partial charge in [0, 0.05) is 12.1 Å². The van der Waals surface area contributed by atoms with Gasteiger partial charge in [-0.1, -0.05) is 23.6 Å². The lowest BCUT2D eigenvalue weighted by Crippen LogP contribution is -2.40. The van der Waals surface area contributed by atoms with Crippen LogP contribution < -0.4 is 0 Å². The van der Waals surface area contributed by atoms with Gasteiger partial charge in [0.15, 0.2) is 0 Å². The minimum atomic E-state index is -1.23. The van der Waals surface area contributed by atoms with E-state index in [1.54, 1.807) is 0 Å². The van der Waals surface area contributed by atoms with E-state index in [9.17, 15) is 0 Å². The molecule has 0 fully saturated rings. The Morgan fingerprint density at radius 3 is 1.27 bits per heavy atom. The lowest BCUT2D eigenvalue weighted by atomic mass is 10.4. The average Bonchev–Trinajstić information content (AvgIpc) is 2.19. The Morgan fingerprint density at radius 1 is 0.867 bits per heavy atom. The van der Waals surface area contributed by atoms with Crippen LogP contribution in [0.1, 0.15) is 27.7 Å².